The van der Waals surface area contributed by atoms with E-state index in [0.717, 1.165) is 0 Å². The minimum absolute atomic E-state index is 0.0682. The summed E-state index contributed by atoms with van der Waals surface area (Å²) >= 11 is 0. The first-order valence-electron chi connectivity index (χ1n) is 5.50. The van der Waals surface area contributed by atoms with Gasteiger partial charge in [0, 0.05) is 6.54 Å². The third kappa shape index (κ3) is 3.65. The summed E-state index contributed by atoms with van der Waals surface area (Å²) in [7, 11) is 1.46. The molecule has 0 heterocycles. The number of benzene rings is 1. The van der Waals surface area contributed by atoms with Crippen molar-refractivity contribution >= 4 is 11.8 Å². The summed E-state index contributed by atoms with van der Waals surface area (Å²) in [5.74, 6) is -0.522. The van der Waals surface area contributed by atoms with Crippen LogP contribution in [0, 0.1) is 0 Å². The van der Waals surface area contributed by atoms with Crippen LogP contribution in [0.1, 0.15) is 17.3 Å². The molecule has 18 heavy (non-hydrogen) atoms. The summed E-state index contributed by atoms with van der Waals surface area (Å²) in [6, 6.07) is 4.30. The SMILES string of the molecule is CCNC(=O)CNC(=O)c1cc(OC)ccc1O. The van der Waals surface area contributed by atoms with Crippen molar-refractivity contribution in [2.24, 2.45) is 0 Å². The van der Waals surface area contributed by atoms with E-state index < -0.39 is 5.91 Å². The van der Waals surface area contributed by atoms with Gasteiger partial charge in [0.2, 0.25) is 5.91 Å². The average molecular weight is 252 g/mol. The van der Waals surface area contributed by atoms with E-state index in [-0.39, 0.29) is 23.8 Å². The van der Waals surface area contributed by atoms with Gasteiger partial charge in [-0.25, -0.2) is 0 Å². The molecule has 2 amide bonds. The lowest BCUT2D eigenvalue weighted by Crippen LogP contribution is -2.36. The first kappa shape index (κ1) is 13.8. The maximum absolute atomic E-state index is 11.7. The molecule has 0 atom stereocenters. The van der Waals surface area contributed by atoms with Crippen LogP contribution in [-0.4, -0.2) is 37.1 Å². The summed E-state index contributed by atoms with van der Waals surface area (Å²) in [4.78, 5) is 22.9. The molecule has 0 aliphatic heterocycles. The molecule has 0 saturated carbocycles. The molecule has 0 aromatic heterocycles. The molecule has 1 aromatic rings. The predicted octanol–water partition coefficient (Wildman–Crippen LogP) is 0.267. The van der Waals surface area contributed by atoms with Gasteiger partial charge in [0.1, 0.15) is 11.5 Å². The van der Waals surface area contributed by atoms with E-state index in [1.807, 2.05) is 0 Å². The van der Waals surface area contributed by atoms with E-state index in [9.17, 15) is 14.7 Å². The third-order valence-electron chi connectivity index (χ3n) is 2.23. The van der Waals surface area contributed by atoms with Crippen LogP contribution in [0.4, 0.5) is 0 Å². The fourth-order valence-electron chi connectivity index (χ4n) is 1.34. The van der Waals surface area contributed by atoms with Crippen molar-refractivity contribution in [1.82, 2.24) is 10.6 Å². The summed E-state index contributed by atoms with van der Waals surface area (Å²) in [6.07, 6.45) is 0. The number of phenols is 1. The Morgan fingerprint density at radius 3 is 2.67 bits per heavy atom. The topological polar surface area (TPSA) is 87.7 Å². The molecule has 0 bridgehead atoms. The van der Waals surface area contributed by atoms with Crippen molar-refractivity contribution in [1.29, 1.82) is 0 Å². The van der Waals surface area contributed by atoms with E-state index in [1.54, 1.807) is 6.92 Å². The van der Waals surface area contributed by atoms with Crippen molar-refractivity contribution in [2.45, 2.75) is 6.92 Å². The number of likely N-dealkylation sites (N-methyl/N-ethyl adjacent to an activating group) is 1. The van der Waals surface area contributed by atoms with Crippen LogP contribution in [0.2, 0.25) is 0 Å². The van der Waals surface area contributed by atoms with Crippen molar-refractivity contribution < 1.29 is 19.4 Å². The third-order valence-corrected chi connectivity index (χ3v) is 2.23. The summed E-state index contributed by atoms with van der Waals surface area (Å²) in [6.45, 7) is 2.15. The fourth-order valence-corrected chi connectivity index (χ4v) is 1.34. The smallest absolute Gasteiger partial charge is 0.255 e. The van der Waals surface area contributed by atoms with E-state index in [0.29, 0.717) is 12.3 Å². The van der Waals surface area contributed by atoms with Gasteiger partial charge < -0.3 is 20.5 Å². The van der Waals surface area contributed by atoms with Gasteiger partial charge >= 0.3 is 0 Å². The molecule has 0 unspecified atom stereocenters. The van der Waals surface area contributed by atoms with Crippen LogP contribution in [0.15, 0.2) is 18.2 Å². The van der Waals surface area contributed by atoms with Crippen molar-refractivity contribution in [2.75, 3.05) is 20.2 Å². The van der Waals surface area contributed by atoms with Gasteiger partial charge in [0.15, 0.2) is 0 Å². The van der Waals surface area contributed by atoms with Crippen LogP contribution >= 0.6 is 0 Å². The molecule has 1 rings (SSSR count). The Hall–Kier alpha value is -2.24. The van der Waals surface area contributed by atoms with Gasteiger partial charge in [-0.05, 0) is 25.1 Å². The van der Waals surface area contributed by atoms with Crippen LogP contribution in [0.25, 0.3) is 0 Å². The molecular weight excluding hydrogens is 236 g/mol. The molecule has 6 heteroatoms. The highest BCUT2D eigenvalue weighted by Gasteiger charge is 2.13. The maximum atomic E-state index is 11.7. The minimum Gasteiger partial charge on any atom is -0.507 e. The fraction of sp³-hybridized carbons (Fsp3) is 0.333. The Morgan fingerprint density at radius 1 is 1.33 bits per heavy atom. The van der Waals surface area contributed by atoms with Crippen molar-refractivity contribution in [3.05, 3.63) is 23.8 Å². The van der Waals surface area contributed by atoms with E-state index >= 15 is 0 Å². The number of hydrogen-bond donors (Lipinski definition) is 3. The molecule has 0 radical (unpaired) electrons. The standard InChI is InChI=1S/C12H16N2O4/c1-3-13-11(16)7-14-12(17)9-6-8(18-2)4-5-10(9)15/h4-6,15H,3,7H2,1-2H3,(H,13,16)(H,14,17). The Morgan fingerprint density at radius 2 is 2.06 bits per heavy atom. The quantitative estimate of drug-likeness (QED) is 0.701. The van der Waals surface area contributed by atoms with Gasteiger partial charge in [-0.1, -0.05) is 0 Å². The molecular formula is C12H16N2O4. The zero-order chi connectivity index (χ0) is 13.5. The van der Waals surface area contributed by atoms with Crippen molar-refractivity contribution in [3.63, 3.8) is 0 Å². The number of phenolic OH excluding ortho intramolecular Hbond substituents is 1. The monoisotopic (exact) mass is 252 g/mol. The highest BCUT2D eigenvalue weighted by molar-refractivity contribution is 5.99. The van der Waals surface area contributed by atoms with E-state index in [2.05, 4.69) is 10.6 Å². The minimum atomic E-state index is -0.530. The Kier molecular flexibility index (Phi) is 4.98. The predicted molar refractivity (Wildman–Crippen MR) is 65.7 cm³/mol. The molecule has 0 aliphatic rings. The molecule has 1 aromatic carbocycles. The maximum Gasteiger partial charge on any atom is 0.255 e. The van der Waals surface area contributed by atoms with Crippen molar-refractivity contribution in [3.8, 4) is 11.5 Å². The molecule has 98 valence electrons. The second-order valence-electron chi connectivity index (χ2n) is 3.52. The van der Waals surface area contributed by atoms with Gasteiger partial charge in [0.25, 0.3) is 5.91 Å². The Balaban J connectivity index is 2.69. The summed E-state index contributed by atoms with van der Waals surface area (Å²) < 4.78 is 4.95. The lowest BCUT2D eigenvalue weighted by atomic mass is 10.1. The number of methoxy groups -OCH3 is 1. The highest BCUT2D eigenvalue weighted by atomic mass is 16.5. The van der Waals surface area contributed by atoms with Crippen LogP contribution < -0.4 is 15.4 Å². The normalized spacial score (nSPS) is 9.67. The van der Waals surface area contributed by atoms with Crippen LogP contribution in [0.5, 0.6) is 11.5 Å². The summed E-state index contributed by atoms with van der Waals surface area (Å²) in [5.41, 5.74) is 0.0682. The number of nitrogens with one attached hydrogen (secondary N) is 2. The number of carbonyl (C=O) groups excluding carboxylic acids is 2. The van der Waals surface area contributed by atoms with Gasteiger partial charge in [-0.2, -0.15) is 0 Å². The van der Waals surface area contributed by atoms with Crippen LogP contribution in [0.3, 0.4) is 0 Å². The second kappa shape index (κ2) is 6.48. The Labute approximate surface area is 105 Å². The molecule has 0 saturated heterocycles. The number of aromatic hydroxyl groups is 1. The van der Waals surface area contributed by atoms with E-state index in [1.165, 1.54) is 25.3 Å². The molecule has 3 N–H and O–H groups in total. The molecule has 0 fully saturated rings. The average Bonchev–Trinajstić information content (AvgIpc) is 2.37. The number of rotatable bonds is 5. The lowest BCUT2D eigenvalue weighted by molar-refractivity contribution is -0.120. The molecule has 0 spiro atoms. The number of amides is 2. The highest BCUT2D eigenvalue weighted by Crippen LogP contribution is 2.22. The van der Waals surface area contributed by atoms with Gasteiger partial charge in [0.05, 0.1) is 19.2 Å². The van der Waals surface area contributed by atoms with E-state index in [4.69, 9.17) is 4.74 Å². The molecule has 6 nitrogen and oxygen atoms in total. The number of hydrogen-bond acceptors (Lipinski definition) is 4. The van der Waals surface area contributed by atoms with Gasteiger partial charge in [-0.15, -0.1) is 0 Å². The summed E-state index contributed by atoms with van der Waals surface area (Å²) in [5, 5.41) is 14.5. The Bertz CT molecular complexity index is 446. The second-order valence-corrected chi connectivity index (χ2v) is 3.52. The first-order chi connectivity index (χ1) is 8.58. The largest absolute Gasteiger partial charge is 0.507 e. The zero-order valence-electron chi connectivity index (χ0n) is 10.3. The first-order valence-corrected chi connectivity index (χ1v) is 5.50. The number of ether oxygens (including phenoxy) is 1. The zero-order valence-corrected chi connectivity index (χ0v) is 10.3. The number of carbonyl (C=O) groups is 2. The van der Waals surface area contributed by atoms with Crippen LogP contribution in [-0.2, 0) is 4.79 Å². The van der Waals surface area contributed by atoms with Gasteiger partial charge in [-0.3, -0.25) is 9.59 Å². The lowest BCUT2D eigenvalue weighted by Gasteiger charge is -2.08. The molecule has 0 aliphatic carbocycles.